The van der Waals surface area contributed by atoms with E-state index in [0.29, 0.717) is 11.6 Å². The van der Waals surface area contributed by atoms with Gasteiger partial charge in [0.2, 0.25) is 0 Å². The lowest BCUT2D eigenvalue weighted by Gasteiger charge is -2.04. The first-order valence-corrected chi connectivity index (χ1v) is 5.51. The van der Waals surface area contributed by atoms with Crippen LogP contribution in [0.4, 0.5) is 11.6 Å². The monoisotopic (exact) mass is 266 g/mol. The van der Waals surface area contributed by atoms with E-state index >= 15 is 0 Å². The van der Waals surface area contributed by atoms with Crippen molar-refractivity contribution in [2.24, 2.45) is 7.05 Å². The molecule has 6 nitrogen and oxygen atoms in total. The summed E-state index contributed by atoms with van der Waals surface area (Å²) >= 11 is 5.95. The molecule has 0 atom stereocenters. The summed E-state index contributed by atoms with van der Waals surface area (Å²) in [4.78, 5) is 14.7. The van der Waals surface area contributed by atoms with Crippen LogP contribution >= 0.6 is 11.6 Å². The van der Waals surface area contributed by atoms with E-state index in [1.165, 1.54) is 12.3 Å². The van der Waals surface area contributed by atoms with Gasteiger partial charge < -0.3 is 10.4 Å². The van der Waals surface area contributed by atoms with Crippen LogP contribution in [0.1, 0.15) is 16.1 Å². The van der Waals surface area contributed by atoms with Gasteiger partial charge in [0.15, 0.2) is 5.82 Å². The maximum Gasteiger partial charge on any atom is 0.337 e. The Morgan fingerprint density at radius 1 is 1.50 bits per heavy atom. The van der Waals surface area contributed by atoms with Crippen LogP contribution in [0, 0.1) is 6.92 Å². The predicted octanol–water partition coefficient (Wildman–Crippen LogP) is 2.22. The summed E-state index contributed by atoms with van der Waals surface area (Å²) in [5.41, 5.74) is 1.03. The lowest BCUT2D eigenvalue weighted by molar-refractivity contribution is 0.0696. The van der Waals surface area contributed by atoms with Crippen LogP contribution in [0.5, 0.6) is 0 Å². The van der Waals surface area contributed by atoms with Gasteiger partial charge in [-0.3, -0.25) is 4.68 Å². The average molecular weight is 267 g/mol. The number of aromatic nitrogens is 3. The van der Waals surface area contributed by atoms with Crippen LogP contribution in [0.15, 0.2) is 18.3 Å². The third-order valence-corrected chi connectivity index (χ3v) is 2.74. The number of rotatable bonds is 3. The molecule has 0 aliphatic carbocycles. The maximum atomic E-state index is 10.7. The minimum absolute atomic E-state index is 0.0442. The van der Waals surface area contributed by atoms with Crippen LogP contribution < -0.4 is 5.32 Å². The molecule has 2 aromatic heterocycles. The number of carboxylic acids is 1. The molecule has 94 valence electrons. The second-order valence-corrected chi connectivity index (χ2v) is 4.19. The molecule has 0 radical (unpaired) electrons. The zero-order valence-corrected chi connectivity index (χ0v) is 10.6. The molecular weight excluding hydrogens is 256 g/mol. The quantitative estimate of drug-likeness (QED) is 0.890. The summed E-state index contributed by atoms with van der Waals surface area (Å²) in [5.74, 6) is -0.0862. The van der Waals surface area contributed by atoms with Crippen LogP contribution in [0.3, 0.4) is 0 Å². The van der Waals surface area contributed by atoms with E-state index in [1.807, 2.05) is 20.0 Å². The number of carboxylic acid groups (broad SMARTS) is 1. The highest BCUT2D eigenvalue weighted by atomic mass is 35.5. The summed E-state index contributed by atoms with van der Waals surface area (Å²) in [6, 6.07) is 3.18. The van der Waals surface area contributed by atoms with Crippen molar-refractivity contribution in [1.29, 1.82) is 0 Å². The van der Waals surface area contributed by atoms with Crippen molar-refractivity contribution in [3.63, 3.8) is 0 Å². The third-order valence-electron chi connectivity index (χ3n) is 2.45. The third kappa shape index (κ3) is 2.43. The Hall–Kier alpha value is -2.08. The molecular formula is C11H11ClN4O2. The maximum absolute atomic E-state index is 10.7. The Labute approximate surface area is 108 Å². The molecule has 2 aromatic rings. The molecule has 2 heterocycles. The summed E-state index contributed by atoms with van der Waals surface area (Å²) in [6.45, 7) is 1.92. The number of hydrogen-bond donors (Lipinski definition) is 2. The van der Waals surface area contributed by atoms with Gasteiger partial charge in [0.1, 0.15) is 5.82 Å². The number of halogens is 1. The zero-order chi connectivity index (χ0) is 13.3. The van der Waals surface area contributed by atoms with Gasteiger partial charge >= 0.3 is 5.97 Å². The molecule has 18 heavy (non-hydrogen) atoms. The number of nitrogens with zero attached hydrogens (tertiary/aromatic N) is 3. The van der Waals surface area contributed by atoms with Gasteiger partial charge in [-0.05, 0) is 13.0 Å². The fourth-order valence-electron chi connectivity index (χ4n) is 1.39. The second kappa shape index (κ2) is 4.66. The van der Waals surface area contributed by atoms with Crippen molar-refractivity contribution in [1.82, 2.24) is 14.8 Å². The van der Waals surface area contributed by atoms with E-state index in [1.54, 1.807) is 4.68 Å². The van der Waals surface area contributed by atoms with Crippen LogP contribution in [-0.4, -0.2) is 25.8 Å². The van der Waals surface area contributed by atoms with Gasteiger partial charge in [-0.1, -0.05) is 11.6 Å². The summed E-state index contributed by atoms with van der Waals surface area (Å²) < 4.78 is 1.71. The highest BCUT2D eigenvalue weighted by Crippen LogP contribution is 2.23. The largest absolute Gasteiger partial charge is 0.478 e. The topological polar surface area (TPSA) is 80.0 Å². The Morgan fingerprint density at radius 3 is 2.72 bits per heavy atom. The van der Waals surface area contributed by atoms with Gasteiger partial charge in [-0.2, -0.15) is 5.10 Å². The van der Waals surface area contributed by atoms with E-state index in [2.05, 4.69) is 15.4 Å². The molecule has 0 spiro atoms. The van der Waals surface area contributed by atoms with Gasteiger partial charge in [0, 0.05) is 25.0 Å². The first-order valence-electron chi connectivity index (χ1n) is 5.14. The van der Waals surface area contributed by atoms with Crippen molar-refractivity contribution in [2.75, 3.05) is 5.32 Å². The van der Waals surface area contributed by atoms with Crippen molar-refractivity contribution in [2.45, 2.75) is 6.92 Å². The van der Waals surface area contributed by atoms with Crippen molar-refractivity contribution in [3.8, 4) is 0 Å². The molecule has 7 heteroatoms. The smallest absolute Gasteiger partial charge is 0.337 e. The van der Waals surface area contributed by atoms with Crippen molar-refractivity contribution < 1.29 is 9.90 Å². The van der Waals surface area contributed by atoms with Gasteiger partial charge in [0.05, 0.1) is 10.6 Å². The standard InChI is InChI=1S/C11H11ClN4O2/c1-6-3-9(15-16(6)2)14-10-8(12)4-7(5-13-10)11(17)18/h3-5H,1-2H3,(H,17,18)(H,13,14,15). The molecule has 0 saturated heterocycles. The van der Waals surface area contributed by atoms with E-state index in [9.17, 15) is 4.79 Å². The second-order valence-electron chi connectivity index (χ2n) is 3.78. The highest BCUT2D eigenvalue weighted by molar-refractivity contribution is 6.33. The first kappa shape index (κ1) is 12.4. The molecule has 0 aromatic carbocycles. The average Bonchev–Trinajstić information content (AvgIpc) is 2.61. The molecule has 2 rings (SSSR count). The lowest BCUT2D eigenvalue weighted by atomic mass is 10.3. The summed E-state index contributed by atoms with van der Waals surface area (Å²) in [5, 5.41) is 16.2. The van der Waals surface area contributed by atoms with E-state index < -0.39 is 5.97 Å². The predicted molar refractivity (Wildman–Crippen MR) is 67.4 cm³/mol. The van der Waals surface area contributed by atoms with Gasteiger partial charge in [-0.15, -0.1) is 0 Å². The Balaban J connectivity index is 2.27. The van der Waals surface area contributed by atoms with Gasteiger partial charge in [-0.25, -0.2) is 9.78 Å². The number of hydrogen-bond acceptors (Lipinski definition) is 4. The van der Waals surface area contributed by atoms with E-state index in [-0.39, 0.29) is 10.6 Å². The SMILES string of the molecule is Cc1cc(Nc2ncc(C(=O)O)cc2Cl)nn1C. The number of anilines is 2. The zero-order valence-electron chi connectivity index (χ0n) is 9.81. The number of carbonyl (C=O) groups is 1. The molecule has 0 bridgehead atoms. The Bertz CT molecular complexity index is 590. The minimum Gasteiger partial charge on any atom is -0.478 e. The van der Waals surface area contributed by atoms with Crippen LogP contribution in [0.2, 0.25) is 5.02 Å². The molecule has 0 saturated carbocycles. The number of nitrogens with one attached hydrogen (secondary N) is 1. The molecule has 0 fully saturated rings. The lowest BCUT2D eigenvalue weighted by Crippen LogP contribution is -2.01. The highest BCUT2D eigenvalue weighted by Gasteiger charge is 2.10. The normalized spacial score (nSPS) is 10.4. The van der Waals surface area contributed by atoms with E-state index in [0.717, 1.165) is 5.69 Å². The van der Waals surface area contributed by atoms with Crippen molar-refractivity contribution in [3.05, 3.63) is 34.6 Å². The summed E-state index contributed by atoms with van der Waals surface area (Å²) in [6.07, 6.45) is 1.24. The molecule has 2 N–H and O–H groups in total. The molecule has 0 aliphatic rings. The molecule has 0 unspecified atom stereocenters. The minimum atomic E-state index is -1.07. The Kier molecular flexibility index (Phi) is 3.20. The summed E-state index contributed by atoms with van der Waals surface area (Å²) in [7, 11) is 1.82. The van der Waals surface area contributed by atoms with Crippen LogP contribution in [-0.2, 0) is 7.05 Å². The number of pyridine rings is 1. The fourth-order valence-corrected chi connectivity index (χ4v) is 1.60. The fraction of sp³-hybridized carbons (Fsp3) is 0.182. The molecule has 0 aliphatic heterocycles. The number of aromatic carboxylic acids is 1. The Morgan fingerprint density at radius 2 is 2.22 bits per heavy atom. The van der Waals surface area contributed by atoms with Crippen molar-refractivity contribution >= 4 is 29.2 Å². The van der Waals surface area contributed by atoms with E-state index in [4.69, 9.17) is 16.7 Å². The number of aryl methyl sites for hydroxylation is 2. The van der Waals surface area contributed by atoms with Crippen LogP contribution in [0.25, 0.3) is 0 Å². The first-order chi connectivity index (χ1) is 8.47. The molecule has 0 amide bonds. The van der Waals surface area contributed by atoms with Gasteiger partial charge in [0.25, 0.3) is 0 Å².